The Kier molecular flexibility index (Phi) is 7.02. The first-order valence-corrected chi connectivity index (χ1v) is 8.51. The molecular formula is C20H26N4O2. The molecule has 0 unspecified atom stereocenters. The van der Waals surface area contributed by atoms with Gasteiger partial charge in [-0.3, -0.25) is 4.79 Å². The summed E-state index contributed by atoms with van der Waals surface area (Å²) >= 11 is 0. The number of amides is 3. The van der Waals surface area contributed by atoms with E-state index in [4.69, 9.17) is 0 Å². The number of anilines is 1. The molecule has 0 bridgehead atoms. The van der Waals surface area contributed by atoms with Crippen LogP contribution in [0.3, 0.4) is 0 Å². The summed E-state index contributed by atoms with van der Waals surface area (Å²) in [6.45, 7) is 0.891. The molecular weight excluding hydrogens is 328 g/mol. The van der Waals surface area contributed by atoms with E-state index >= 15 is 0 Å². The molecule has 0 saturated carbocycles. The van der Waals surface area contributed by atoms with Gasteiger partial charge in [-0.05, 0) is 23.3 Å². The van der Waals surface area contributed by atoms with Crippen LogP contribution in [0.1, 0.15) is 11.1 Å². The van der Waals surface area contributed by atoms with Crippen LogP contribution in [0, 0.1) is 0 Å². The van der Waals surface area contributed by atoms with Gasteiger partial charge in [-0.25, -0.2) is 4.79 Å². The van der Waals surface area contributed by atoms with Gasteiger partial charge < -0.3 is 20.4 Å². The zero-order valence-electron chi connectivity index (χ0n) is 15.5. The van der Waals surface area contributed by atoms with Gasteiger partial charge in [0.15, 0.2) is 0 Å². The van der Waals surface area contributed by atoms with Crippen LogP contribution in [-0.2, 0) is 17.9 Å². The average molecular weight is 354 g/mol. The summed E-state index contributed by atoms with van der Waals surface area (Å²) in [4.78, 5) is 27.6. The molecule has 2 N–H and O–H groups in total. The Balaban J connectivity index is 1.73. The molecule has 0 heterocycles. The molecule has 0 atom stereocenters. The molecule has 26 heavy (non-hydrogen) atoms. The molecule has 2 rings (SSSR count). The van der Waals surface area contributed by atoms with E-state index in [1.807, 2.05) is 73.6 Å². The Bertz CT molecular complexity index is 714. The van der Waals surface area contributed by atoms with Crippen LogP contribution in [0.15, 0.2) is 54.6 Å². The molecule has 0 aromatic heterocycles. The van der Waals surface area contributed by atoms with Crippen molar-refractivity contribution in [1.82, 2.24) is 15.5 Å². The molecule has 6 heteroatoms. The number of nitrogens with one attached hydrogen (secondary N) is 2. The molecule has 6 nitrogen and oxygen atoms in total. The van der Waals surface area contributed by atoms with Crippen LogP contribution in [-0.4, -0.2) is 44.5 Å². The monoisotopic (exact) mass is 354 g/mol. The molecule has 0 aliphatic heterocycles. The van der Waals surface area contributed by atoms with E-state index in [-0.39, 0.29) is 18.5 Å². The topological polar surface area (TPSA) is 64.7 Å². The van der Waals surface area contributed by atoms with Gasteiger partial charge in [-0.15, -0.1) is 0 Å². The predicted octanol–water partition coefficient (Wildman–Crippen LogP) is 2.21. The van der Waals surface area contributed by atoms with Crippen molar-refractivity contribution in [3.8, 4) is 0 Å². The lowest BCUT2D eigenvalue weighted by Gasteiger charge is -2.19. The zero-order valence-corrected chi connectivity index (χ0v) is 15.5. The lowest BCUT2D eigenvalue weighted by molar-refractivity contribution is -0.129. The minimum absolute atomic E-state index is 0.0348. The van der Waals surface area contributed by atoms with Crippen molar-refractivity contribution in [2.45, 2.75) is 13.1 Å². The highest BCUT2D eigenvalue weighted by Gasteiger charge is 2.11. The maximum absolute atomic E-state index is 12.2. The molecule has 0 fully saturated rings. The number of likely N-dealkylation sites (N-methyl/N-ethyl adjacent to an activating group) is 1. The maximum atomic E-state index is 12.2. The van der Waals surface area contributed by atoms with E-state index in [9.17, 15) is 9.59 Å². The Labute approximate surface area is 154 Å². The van der Waals surface area contributed by atoms with E-state index in [2.05, 4.69) is 10.6 Å². The third-order valence-corrected chi connectivity index (χ3v) is 3.99. The molecule has 138 valence electrons. The Morgan fingerprint density at radius 1 is 0.846 bits per heavy atom. The van der Waals surface area contributed by atoms with E-state index in [0.717, 1.165) is 16.8 Å². The first-order chi connectivity index (χ1) is 12.5. The summed E-state index contributed by atoms with van der Waals surface area (Å²) in [7, 11) is 5.70. The van der Waals surface area contributed by atoms with E-state index in [1.54, 1.807) is 11.9 Å². The van der Waals surface area contributed by atoms with Gasteiger partial charge in [-0.2, -0.15) is 0 Å². The molecule has 3 amide bonds. The lowest BCUT2D eigenvalue weighted by atomic mass is 10.2. The predicted molar refractivity (Wildman–Crippen MR) is 104 cm³/mol. The minimum atomic E-state index is -0.356. The highest BCUT2D eigenvalue weighted by molar-refractivity contribution is 5.83. The van der Waals surface area contributed by atoms with Gasteiger partial charge in [0.2, 0.25) is 5.91 Å². The highest BCUT2D eigenvalue weighted by Crippen LogP contribution is 2.13. The average Bonchev–Trinajstić information content (AvgIpc) is 2.65. The minimum Gasteiger partial charge on any atom is -0.378 e. The van der Waals surface area contributed by atoms with Crippen molar-refractivity contribution in [1.29, 1.82) is 0 Å². The van der Waals surface area contributed by atoms with Gasteiger partial charge in [0, 0.05) is 39.9 Å². The molecule has 0 aliphatic carbocycles. The van der Waals surface area contributed by atoms with Crippen LogP contribution in [0.25, 0.3) is 0 Å². The van der Waals surface area contributed by atoms with Crippen LogP contribution >= 0.6 is 0 Å². The van der Waals surface area contributed by atoms with Crippen molar-refractivity contribution in [2.24, 2.45) is 0 Å². The number of benzene rings is 2. The second-order valence-electron chi connectivity index (χ2n) is 6.33. The number of carbonyl (C=O) groups excluding carboxylic acids is 2. The fraction of sp³-hybridized carbons (Fsp3) is 0.300. The van der Waals surface area contributed by atoms with Gasteiger partial charge >= 0.3 is 6.03 Å². The van der Waals surface area contributed by atoms with Crippen molar-refractivity contribution in [3.63, 3.8) is 0 Å². The smallest absolute Gasteiger partial charge is 0.315 e. The van der Waals surface area contributed by atoms with E-state index in [0.29, 0.717) is 13.1 Å². The molecule has 0 saturated heterocycles. The lowest BCUT2D eigenvalue weighted by Crippen LogP contribution is -2.42. The second-order valence-corrected chi connectivity index (χ2v) is 6.33. The van der Waals surface area contributed by atoms with Gasteiger partial charge in [0.25, 0.3) is 0 Å². The maximum Gasteiger partial charge on any atom is 0.315 e. The first-order valence-electron chi connectivity index (χ1n) is 8.51. The van der Waals surface area contributed by atoms with Crippen molar-refractivity contribution in [3.05, 3.63) is 65.7 Å². The standard InChI is InChI=1S/C20H26N4O2/c1-23(2)18-11-9-17(10-12-18)15-24(3)19(25)14-22-20(26)21-13-16-7-5-4-6-8-16/h4-12H,13-15H2,1-3H3,(H2,21,22,26). The van der Waals surface area contributed by atoms with Gasteiger partial charge in [0.1, 0.15) is 0 Å². The first kappa shape index (κ1) is 19.3. The number of hydrogen-bond acceptors (Lipinski definition) is 3. The Hall–Kier alpha value is -3.02. The normalized spacial score (nSPS) is 10.1. The number of hydrogen-bond donors (Lipinski definition) is 2. The Morgan fingerprint density at radius 2 is 1.50 bits per heavy atom. The summed E-state index contributed by atoms with van der Waals surface area (Å²) in [5.41, 5.74) is 3.16. The highest BCUT2D eigenvalue weighted by atomic mass is 16.2. The Morgan fingerprint density at radius 3 is 2.12 bits per heavy atom. The molecule has 0 aliphatic rings. The second kappa shape index (κ2) is 9.46. The van der Waals surface area contributed by atoms with Crippen LogP contribution in [0.2, 0.25) is 0 Å². The third kappa shape index (κ3) is 6.12. The summed E-state index contributed by atoms with van der Waals surface area (Å²) in [5, 5.41) is 5.33. The molecule has 0 spiro atoms. The molecule has 2 aromatic rings. The zero-order chi connectivity index (χ0) is 18.9. The number of rotatable bonds is 7. The number of nitrogens with zero attached hydrogens (tertiary/aromatic N) is 2. The van der Waals surface area contributed by atoms with Crippen LogP contribution in [0.5, 0.6) is 0 Å². The van der Waals surface area contributed by atoms with E-state index in [1.165, 1.54) is 0 Å². The van der Waals surface area contributed by atoms with Gasteiger partial charge in [-0.1, -0.05) is 42.5 Å². The van der Waals surface area contributed by atoms with Crippen molar-refractivity contribution >= 4 is 17.6 Å². The van der Waals surface area contributed by atoms with Crippen LogP contribution < -0.4 is 15.5 Å². The summed E-state index contributed by atoms with van der Waals surface area (Å²) in [6, 6.07) is 17.3. The van der Waals surface area contributed by atoms with E-state index < -0.39 is 0 Å². The van der Waals surface area contributed by atoms with Gasteiger partial charge in [0.05, 0.1) is 6.54 Å². The third-order valence-electron chi connectivity index (χ3n) is 3.99. The van der Waals surface area contributed by atoms with Crippen molar-refractivity contribution in [2.75, 3.05) is 32.6 Å². The fourth-order valence-corrected chi connectivity index (χ4v) is 2.39. The molecule has 0 radical (unpaired) electrons. The number of carbonyl (C=O) groups is 2. The quantitative estimate of drug-likeness (QED) is 0.801. The SMILES string of the molecule is CN(Cc1ccc(N(C)C)cc1)C(=O)CNC(=O)NCc1ccccc1. The summed E-state index contributed by atoms with van der Waals surface area (Å²) < 4.78 is 0. The summed E-state index contributed by atoms with van der Waals surface area (Å²) in [6.07, 6.45) is 0. The summed E-state index contributed by atoms with van der Waals surface area (Å²) in [5.74, 6) is -0.142. The van der Waals surface area contributed by atoms with Crippen LogP contribution in [0.4, 0.5) is 10.5 Å². The number of urea groups is 1. The largest absolute Gasteiger partial charge is 0.378 e. The fourth-order valence-electron chi connectivity index (χ4n) is 2.39. The van der Waals surface area contributed by atoms with Crippen molar-refractivity contribution < 1.29 is 9.59 Å². The molecule has 2 aromatic carbocycles.